The molecule has 0 atom stereocenters. The molecule has 2 nitrogen and oxygen atoms in total. The second-order valence-corrected chi connectivity index (χ2v) is 18.3. The Morgan fingerprint density at radius 1 is 0.225 bits per heavy atom. The molecule has 0 amide bonds. The van der Waals surface area contributed by atoms with Crippen LogP contribution in [0.1, 0.15) is 0 Å². The van der Waals surface area contributed by atoms with Gasteiger partial charge in [0.2, 0.25) is 0 Å². The van der Waals surface area contributed by atoms with Crippen LogP contribution >= 0.6 is 0 Å². The monoisotopic (exact) mass is 902 g/mol. The van der Waals surface area contributed by atoms with Gasteiger partial charge in [-0.3, -0.25) is 0 Å². The molecule has 0 fully saturated rings. The minimum absolute atomic E-state index is 0.921. The molecule has 13 aromatic rings. The second-order valence-electron chi connectivity index (χ2n) is 18.3. The van der Waals surface area contributed by atoms with Gasteiger partial charge in [-0.2, -0.15) is 0 Å². The van der Waals surface area contributed by atoms with E-state index in [2.05, 4.69) is 284 Å². The molecule has 71 heavy (non-hydrogen) atoms. The van der Waals surface area contributed by atoms with Crippen LogP contribution in [0.15, 0.2) is 279 Å². The molecule has 0 aliphatic rings. The van der Waals surface area contributed by atoms with Gasteiger partial charge in [-0.15, -0.1) is 0 Å². The molecule has 0 saturated heterocycles. The van der Waals surface area contributed by atoms with Crippen LogP contribution in [0.3, 0.4) is 0 Å². The number of fused-ring (bicyclic) bond motifs is 4. The summed E-state index contributed by atoms with van der Waals surface area (Å²) in [5.41, 5.74) is 21.6. The summed E-state index contributed by atoms with van der Waals surface area (Å²) in [5.74, 6) is 0. The standard InChI is InChI=1S/C69H46N2/c1-2-15-47(16-3-1)53-19-10-22-56(41-53)57-23-11-20-54(42-57)48-33-37-51(38-34-48)66-45-60(58-24-13-26-61(44-58)71-68-31-8-6-28-64(68)65-29-7-9-32-69(65)71)46-67(70-66)52-39-35-49(36-40-52)55-21-12-25-59(43-55)63-30-14-18-50-17-4-5-27-62(50)63/h1-46H. The van der Waals surface area contributed by atoms with E-state index >= 15 is 0 Å². The van der Waals surface area contributed by atoms with Crippen molar-refractivity contribution in [3.05, 3.63) is 279 Å². The van der Waals surface area contributed by atoms with Gasteiger partial charge < -0.3 is 4.57 Å². The van der Waals surface area contributed by atoms with Crippen molar-refractivity contribution in [1.29, 1.82) is 0 Å². The lowest BCUT2D eigenvalue weighted by molar-refractivity contribution is 1.18. The van der Waals surface area contributed by atoms with E-state index in [0.29, 0.717) is 0 Å². The zero-order valence-corrected chi connectivity index (χ0v) is 39.0. The highest BCUT2D eigenvalue weighted by Gasteiger charge is 2.15. The van der Waals surface area contributed by atoms with E-state index in [4.69, 9.17) is 4.98 Å². The van der Waals surface area contributed by atoms with Crippen LogP contribution in [0.25, 0.3) is 128 Å². The van der Waals surface area contributed by atoms with Gasteiger partial charge >= 0.3 is 0 Å². The minimum Gasteiger partial charge on any atom is -0.309 e. The molecule has 0 aliphatic heterocycles. The first-order valence-corrected chi connectivity index (χ1v) is 24.3. The Balaban J connectivity index is 0.876. The number of aromatic nitrogens is 2. The zero-order valence-electron chi connectivity index (χ0n) is 39.0. The van der Waals surface area contributed by atoms with Crippen LogP contribution in [0.4, 0.5) is 0 Å². The Morgan fingerprint density at radius 3 is 1.18 bits per heavy atom. The lowest BCUT2D eigenvalue weighted by Crippen LogP contribution is -1.95. The smallest absolute Gasteiger partial charge is 0.0715 e. The van der Waals surface area contributed by atoms with Gasteiger partial charge in [-0.25, -0.2) is 4.98 Å². The third-order valence-electron chi connectivity index (χ3n) is 14.0. The quantitative estimate of drug-likeness (QED) is 0.141. The van der Waals surface area contributed by atoms with Gasteiger partial charge in [-0.05, 0) is 132 Å². The fraction of sp³-hybridized carbons (Fsp3) is 0. The van der Waals surface area contributed by atoms with Crippen molar-refractivity contribution in [3.63, 3.8) is 0 Å². The summed E-state index contributed by atoms with van der Waals surface area (Å²) < 4.78 is 2.39. The van der Waals surface area contributed by atoms with Crippen LogP contribution in [0.2, 0.25) is 0 Å². The van der Waals surface area contributed by atoms with Crippen LogP contribution in [-0.4, -0.2) is 9.55 Å². The normalized spacial score (nSPS) is 11.4. The van der Waals surface area contributed by atoms with E-state index < -0.39 is 0 Å². The summed E-state index contributed by atoms with van der Waals surface area (Å²) in [5, 5.41) is 5.00. The van der Waals surface area contributed by atoms with E-state index in [-0.39, 0.29) is 0 Å². The minimum atomic E-state index is 0.921. The number of para-hydroxylation sites is 2. The molecular weight excluding hydrogens is 857 g/mol. The fourth-order valence-electron chi connectivity index (χ4n) is 10.4. The molecule has 2 aromatic heterocycles. The van der Waals surface area contributed by atoms with Gasteiger partial charge in [0.05, 0.1) is 22.4 Å². The van der Waals surface area contributed by atoms with E-state index in [1.807, 2.05) is 0 Å². The van der Waals surface area contributed by atoms with Crippen molar-refractivity contribution in [3.8, 4) is 95.0 Å². The zero-order chi connectivity index (χ0) is 47.1. The summed E-state index contributed by atoms with van der Waals surface area (Å²) in [4.78, 5) is 5.42. The van der Waals surface area contributed by atoms with Gasteiger partial charge in [0, 0.05) is 27.6 Å². The lowest BCUT2D eigenvalue weighted by Gasteiger charge is -2.14. The SMILES string of the molecule is c1ccc(-c2cccc(-c3cccc(-c4ccc(-c5cc(-c6cccc(-n7c8ccccc8c8ccccc87)c6)cc(-c6ccc(-c7cccc(-c8cccc9ccccc89)c7)cc6)n5)cc4)c3)c2)cc1. The topological polar surface area (TPSA) is 17.8 Å². The average molecular weight is 903 g/mol. The number of pyridine rings is 1. The molecule has 0 N–H and O–H groups in total. The van der Waals surface area contributed by atoms with Crippen molar-refractivity contribution < 1.29 is 0 Å². The third kappa shape index (κ3) is 7.98. The van der Waals surface area contributed by atoms with Crippen LogP contribution in [0.5, 0.6) is 0 Å². The first kappa shape index (κ1) is 41.8. The summed E-state index contributed by atoms with van der Waals surface area (Å²) in [6, 6.07) is 101. The number of hydrogen-bond acceptors (Lipinski definition) is 1. The van der Waals surface area contributed by atoms with Crippen molar-refractivity contribution in [2.75, 3.05) is 0 Å². The van der Waals surface area contributed by atoms with Crippen LogP contribution in [0, 0.1) is 0 Å². The predicted octanol–water partition coefficient (Wildman–Crippen LogP) is 18.7. The summed E-state index contributed by atoms with van der Waals surface area (Å²) in [6.07, 6.45) is 0. The van der Waals surface area contributed by atoms with E-state index in [0.717, 1.165) is 50.5 Å². The molecule has 2 heteroatoms. The van der Waals surface area contributed by atoms with Gasteiger partial charge in [-0.1, -0.05) is 224 Å². The van der Waals surface area contributed by atoms with E-state index in [1.165, 1.54) is 77.1 Å². The van der Waals surface area contributed by atoms with E-state index in [9.17, 15) is 0 Å². The fourth-order valence-corrected chi connectivity index (χ4v) is 10.4. The highest BCUT2D eigenvalue weighted by atomic mass is 15.0. The van der Waals surface area contributed by atoms with Crippen molar-refractivity contribution in [2.24, 2.45) is 0 Å². The third-order valence-corrected chi connectivity index (χ3v) is 14.0. The first-order chi connectivity index (χ1) is 35.2. The van der Waals surface area contributed by atoms with Crippen molar-refractivity contribution in [1.82, 2.24) is 9.55 Å². The van der Waals surface area contributed by atoms with Gasteiger partial charge in [0.25, 0.3) is 0 Å². The molecule has 11 aromatic carbocycles. The molecule has 332 valence electrons. The maximum Gasteiger partial charge on any atom is 0.0715 e. The van der Waals surface area contributed by atoms with Gasteiger partial charge in [0.15, 0.2) is 0 Å². The number of benzene rings is 11. The lowest BCUT2D eigenvalue weighted by atomic mass is 9.94. The maximum atomic E-state index is 5.42. The van der Waals surface area contributed by atoms with Crippen molar-refractivity contribution >= 4 is 32.6 Å². The molecule has 0 aliphatic carbocycles. The Morgan fingerprint density at radius 2 is 0.606 bits per heavy atom. The molecular formula is C69H46N2. The Labute approximate surface area is 414 Å². The highest BCUT2D eigenvalue weighted by Crippen LogP contribution is 2.38. The molecule has 0 bridgehead atoms. The molecule has 13 rings (SSSR count). The molecule has 0 saturated carbocycles. The number of nitrogens with zero attached hydrogens (tertiary/aromatic N) is 2. The van der Waals surface area contributed by atoms with Crippen molar-refractivity contribution in [2.45, 2.75) is 0 Å². The average Bonchev–Trinajstić information content (AvgIpc) is 3.80. The second kappa shape index (κ2) is 17.9. The number of hydrogen-bond donors (Lipinski definition) is 0. The molecule has 0 radical (unpaired) electrons. The Kier molecular flexibility index (Phi) is 10.6. The highest BCUT2D eigenvalue weighted by molar-refractivity contribution is 6.09. The largest absolute Gasteiger partial charge is 0.309 e. The maximum absolute atomic E-state index is 5.42. The van der Waals surface area contributed by atoms with Gasteiger partial charge in [0.1, 0.15) is 0 Å². The molecule has 0 unspecified atom stereocenters. The number of rotatable bonds is 9. The summed E-state index contributed by atoms with van der Waals surface area (Å²) in [7, 11) is 0. The first-order valence-electron chi connectivity index (χ1n) is 24.3. The summed E-state index contributed by atoms with van der Waals surface area (Å²) >= 11 is 0. The summed E-state index contributed by atoms with van der Waals surface area (Å²) in [6.45, 7) is 0. The van der Waals surface area contributed by atoms with Crippen LogP contribution in [-0.2, 0) is 0 Å². The predicted molar refractivity (Wildman–Crippen MR) is 300 cm³/mol. The van der Waals surface area contributed by atoms with Crippen LogP contribution < -0.4 is 0 Å². The Bertz CT molecular complexity index is 4030. The molecule has 2 heterocycles. The Hall–Kier alpha value is -9.37. The van der Waals surface area contributed by atoms with E-state index in [1.54, 1.807) is 0 Å². The molecule has 0 spiro atoms.